The molecule has 5 rings (SSSR count). The maximum absolute atomic E-state index is 13.6. The number of amides is 1. The smallest absolute Gasteiger partial charge is 0.223 e. The van der Waals surface area contributed by atoms with E-state index >= 15 is 0 Å². The minimum absolute atomic E-state index is 0.0498. The predicted octanol–water partition coefficient (Wildman–Crippen LogP) is 5.93. The topological polar surface area (TPSA) is 36.4 Å². The quantitative estimate of drug-likeness (QED) is 0.317. The van der Waals surface area contributed by atoms with Gasteiger partial charge in [-0.3, -0.25) is 14.7 Å². The van der Waals surface area contributed by atoms with Gasteiger partial charge in [0.25, 0.3) is 0 Å². The van der Waals surface area contributed by atoms with E-state index in [1.54, 1.807) is 0 Å². The first-order chi connectivity index (χ1) is 17.7. The van der Waals surface area contributed by atoms with Gasteiger partial charge in [0.05, 0.1) is 6.04 Å². The number of nitrogens with zero attached hydrogens (tertiary/aromatic N) is 3. The Bertz CT molecular complexity index is 1150. The molecule has 1 amide bonds. The molecule has 0 N–H and O–H groups in total. The van der Waals surface area contributed by atoms with E-state index in [-0.39, 0.29) is 23.9 Å². The second kappa shape index (κ2) is 11.3. The van der Waals surface area contributed by atoms with E-state index in [0.29, 0.717) is 6.42 Å². The Kier molecular flexibility index (Phi) is 7.53. The molecular weight excluding hydrogens is 442 g/mol. The maximum atomic E-state index is 13.6. The number of likely N-dealkylation sites (N-methyl/N-ethyl adjacent to an activating group) is 1. The van der Waals surface area contributed by atoms with Crippen LogP contribution in [0.15, 0.2) is 116 Å². The fourth-order valence-corrected chi connectivity index (χ4v) is 5.43. The zero-order valence-electron chi connectivity index (χ0n) is 20.8. The molecule has 182 valence electrons. The van der Waals surface area contributed by atoms with Crippen molar-refractivity contribution < 1.29 is 4.79 Å². The van der Waals surface area contributed by atoms with Crippen molar-refractivity contribution in [2.45, 2.75) is 30.8 Å². The Morgan fingerprint density at radius 2 is 1.31 bits per heavy atom. The average molecular weight is 476 g/mol. The molecule has 1 unspecified atom stereocenters. The molecular formula is C32H33N3O. The monoisotopic (exact) mass is 475 g/mol. The molecule has 3 aromatic carbocycles. The summed E-state index contributed by atoms with van der Waals surface area (Å²) in [6.45, 7) is 1.80. The maximum Gasteiger partial charge on any atom is 0.223 e. The molecule has 1 saturated heterocycles. The second-order valence-electron chi connectivity index (χ2n) is 9.61. The number of aromatic nitrogens is 1. The first kappa shape index (κ1) is 24.0. The van der Waals surface area contributed by atoms with Crippen LogP contribution in [0.1, 0.15) is 47.1 Å². The number of carbonyl (C=O) groups is 1. The van der Waals surface area contributed by atoms with Crippen LogP contribution in [0, 0.1) is 0 Å². The first-order valence-corrected chi connectivity index (χ1v) is 12.7. The minimum Gasteiger partial charge on any atom is -0.341 e. The van der Waals surface area contributed by atoms with Crippen molar-refractivity contribution in [2.24, 2.45) is 0 Å². The summed E-state index contributed by atoms with van der Waals surface area (Å²) in [4.78, 5) is 22.3. The molecule has 0 aliphatic carbocycles. The molecule has 0 bridgehead atoms. The van der Waals surface area contributed by atoms with E-state index in [1.807, 2.05) is 36.5 Å². The summed E-state index contributed by atoms with van der Waals surface area (Å²) in [6, 6.07) is 36.0. The zero-order chi connectivity index (χ0) is 24.7. The summed E-state index contributed by atoms with van der Waals surface area (Å²) in [5, 5.41) is 0. The normalized spacial score (nSPS) is 16.7. The van der Waals surface area contributed by atoms with Crippen LogP contribution in [0.5, 0.6) is 0 Å². The van der Waals surface area contributed by atoms with Crippen molar-refractivity contribution in [3.05, 3.63) is 138 Å². The van der Waals surface area contributed by atoms with Crippen molar-refractivity contribution in [1.82, 2.24) is 14.8 Å². The number of rotatable bonds is 8. The van der Waals surface area contributed by atoms with Gasteiger partial charge in [0, 0.05) is 50.9 Å². The largest absolute Gasteiger partial charge is 0.341 e. The number of carbonyl (C=O) groups excluding carboxylic acids is 1. The third-order valence-corrected chi connectivity index (χ3v) is 7.42. The molecule has 1 fully saturated rings. The van der Waals surface area contributed by atoms with Gasteiger partial charge in [0.2, 0.25) is 5.91 Å². The average Bonchev–Trinajstić information content (AvgIpc) is 3.43. The fourth-order valence-electron chi connectivity index (χ4n) is 5.43. The van der Waals surface area contributed by atoms with Gasteiger partial charge in [-0.1, -0.05) is 91.0 Å². The number of pyridine rings is 1. The van der Waals surface area contributed by atoms with Gasteiger partial charge < -0.3 is 4.90 Å². The third-order valence-electron chi connectivity index (χ3n) is 7.42. The van der Waals surface area contributed by atoms with Crippen LogP contribution < -0.4 is 0 Å². The number of hydrogen-bond donors (Lipinski definition) is 0. The Labute approximate surface area is 214 Å². The highest BCUT2D eigenvalue weighted by Gasteiger charge is 2.34. The molecule has 4 heteroatoms. The fraction of sp³-hybridized carbons (Fsp3) is 0.250. The molecule has 2 heterocycles. The summed E-state index contributed by atoms with van der Waals surface area (Å²) < 4.78 is 0. The van der Waals surface area contributed by atoms with E-state index in [9.17, 15) is 4.79 Å². The Morgan fingerprint density at radius 1 is 0.806 bits per heavy atom. The summed E-state index contributed by atoms with van der Waals surface area (Å²) in [5.74, 6) is 0.244. The Balaban J connectivity index is 1.32. The van der Waals surface area contributed by atoms with Gasteiger partial charge in [-0.2, -0.15) is 0 Å². The van der Waals surface area contributed by atoms with E-state index in [1.165, 1.54) is 22.3 Å². The third kappa shape index (κ3) is 5.39. The summed E-state index contributed by atoms with van der Waals surface area (Å²) in [7, 11) is 1.98. The van der Waals surface area contributed by atoms with E-state index in [0.717, 1.165) is 19.5 Å². The van der Waals surface area contributed by atoms with Crippen molar-refractivity contribution >= 4 is 5.91 Å². The lowest BCUT2D eigenvalue weighted by atomic mass is 9.88. The van der Waals surface area contributed by atoms with Gasteiger partial charge in [-0.25, -0.2) is 0 Å². The molecule has 4 aromatic rings. The molecule has 1 aliphatic rings. The molecule has 2 atom stereocenters. The lowest BCUT2D eigenvalue weighted by Crippen LogP contribution is -2.40. The highest BCUT2D eigenvalue weighted by molar-refractivity contribution is 5.78. The second-order valence-corrected chi connectivity index (χ2v) is 9.61. The van der Waals surface area contributed by atoms with Gasteiger partial charge in [-0.15, -0.1) is 0 Å². The van der Waals surface area contributed by atoms with E-state index in [4.69, 9.17) is 0 Å². The standard InChI is InChI=1S/C32H33N3O/c1-34(31(36)23-30(25-11-5-2-6-12-25)26-13-7-3-8-14-26)29-19-22-35(24-29)32(27-15-9-4-10-16-27)28-17-20-33-21-18-28/h2-18,20-21,29-30,32H,19,22-24H2,1H3/t29-,32?/m1/s1. The van der Waals surface area contributed by atoms with Crippen molar-refractivity contribution in [1.29, 1.82) is 0 Å². The molecule has 4 nitrogen and oxygen atoms in total. The first-order valence-electron chi connectivity index (χ1n) is 12.7. The van der Waals surface area contributed by atoms with Gasteiger partial charge in [-0.05, 0) is 40.8 Å². The van der Waals surface area contributed by atoms with Crippen LogP contribution in [0.3, 0.4) is 0 Å². The minimum atomic E-state index is 0.0498. The molecule has 0 saturated carbocycles. The predicted molar refractivity (Wildman–Crippen MR) is 145 cm³/mol. The summed E-state index contributed by atoms with van der Waals surface area (Å²) in [5.41, 5.74) is 4.87. The highest BCUT2D eigenvalue weighted by Crippen LogP contribution is 2.33. The lowest BCUT2D eigenvalue weighted by molar-refractivity contribution is -0.132. The van der Waals surface area contributed by atoms with E-state index < -0.39 is 0 Å². The molecule has 1 aromatic heterocycles. The summed E-state index contributed by atoms with van der Waals surface area (Å²) >= 11 is 0. The van der Waals surface area contributed by atoms with Crippen LogP contribution in [0.4, 0.5) is 0 Å². The number of hydrogen-bond acceptors (Lipinski definition) is 3. The number of benzene rings is 3. The van der Waals surface area contributed by atoms with Crippen LogP contribution in [0.2, 0.25) is 0 Å². The van der Waals surface area contributed by atoms with E-state index in [2.05, 4.69) is 101 Å². The lowest BCUT2D eigenvalue weighted by Gasteiger charge is -2.31. The van der Waals surface area contributed by atoms with Crippen LogP contribution in [0.25, 0.3) is 0 Å². The highest BCUT2D eigenvalue weighted by atomic mass is 16.2. The molecule has 0 spiro atoms. The Morgan fingerprint density at radius 3 is 1.86 bits per heavy atom. The molecule has 1 aliphatic heterocycles. The molecule has 36 heavy (non-hydrogen) atoms. The van der Waals surface area contributed by atoms with Crippen LogP contribution >= 0.6 is 0 Å². The summed E-state index contributed by atoms with van der Waals surface area (Å²) in [6.07, 6.45) is 5.16. The SMILES string of the molecule is CN(C(=O)CC(c1ccccc1)c1ccccc1)[C@@H]1CCN(C(c2ccccc2)c2ccncc2)C1. The van der Waals surface area contributed by atoms with Crippen molar-refractivity contribution in [3.8, 4) is 0 Å². The zero-order valence-corrected chi connectivity index (χ0v) is 20.8. The van der Waals surface area contributed by atoms with Gasteiger partial charge >= 0.3 is 0 Å². The van der Waals surface area contributed by atoms with Crippen LogP contribution in [-0.2, 0) is 4.79 Å². The number of likely N-dealkylation sites (tertiary alicyclic amines) is 1. The van der Waals surface area contributed by atoms with Crippen molar-refractivity contribution in [3.63, 3.8) is 0 Å². The van der Waals surface area contributed by atoms with Crippen LogP contribution in [-0.4, -0.2) is 46.9 Å². The van der Waals surface area contributed by atoms with Gasteiger partial charge in [0.15, 0.2) is 0 Å². The van der Waals surface area contributed by atoms with Crippen molar-refractivity contribution in [2.75, 3.05) is 20.1 Å². The molecule has 0 radical (unpaired) electrons. The van der Waals surface area contributed by atoms with Gasteiger partial charge in [0.1, 0.15) is 0 Å². The Hall–Kier alpha value is -3.76.